The highest BCUT2D eigenvalue weighted by Crippen LogP contribution is 2.27. The summed E-state index contributed by atoms with van der Waals surface area (Å²) in [6.45, 7) is 0.547. The van der Waals surface area contributed by atoms with E-state index in [0.717, 1.165) is 22.4 Å². The number of nitrogens with zero attached hydrogens (tertiary/aromatic N) is 1. The second-order valence-electron chi connectivity index (χ2n) is 4.97. The van der Waals surface area contributed by atoms with Gasteiger partial charge in [-0.05, 0) is 35.4 Å². The van der Waals surface area contributed by atoms with Crippen molar-refractivity contribution in [2.24, 2.45) is 0 Å². The number of anilines is 2. The highest BCUT2D eigenvalue weighted by atomic mass is 16.5. The van der Waals surface area contributed by atoms with Crippen molar-refractivity contribution in [1.29, 1.82) is 0 Å². The number of benzene rings is 2. The summed E-state index contributed by atoms with van der Waals surface area (Å²) in [7, 11) is 0. The van der Waals surface area contributed by atoms with Crippen molar-refractivity contribution in [2.75, 3.05) is 11.5 Å². The molecular weight excluding hydrogens is 274 g/mol. The molecule has 0 aliphatic rings. The van der Waals surface area contributed by atoms with Crippen LogP contribution >= 0.6 is 0 Å². The molecule has 1 heterocycles. The molecular formula is C18H17N3O. The van der Waals surface area contributed by atoms with Crippen LogP contribution in [0.4, 0.5) is 11.6 Å². The lowest BCUT2D eigenvalue weighted by Crippen LogP contribution is -1.98. The zero-order valence-electron chi connectivity index (χ0n) is 12.1. The van der Waals surface area contributed by atoms with Crippen molar-refractivity contribution < 1.29 is 4.74 Å². The van der Waals surface area contributed by atoms with E-state index in [1.54, 1.807) is 6.07 Å². The summed E-state index contributed by atoms with van der Waals surface area (Å²) in [5.74, 6) is 1.66. The Balaban J connectivity index is 1.72. The second kappa shape index (κ2) is 6.18. The van der Waals surface area contributed by atoms with Crippen LogP contribution in [-0.2, 0) is 6.61 Å². The average molecular weight is 291 g/mol. The monoisotopic (exact) mass is 291 g/mol. The fourth-order valence-corrected chi connectivity index (χ4v) is 2.21. The summed E-state index contributed by atoms with van der Waals surface area (Å²) >= 11 is 0. The van der Waals surface area contributed by atoms with Gasteiger partial charge in [0.1, 0.15) is 24.0 Å². The Kier molecular flexibility index (Phi) is 3.92. The van der Waals surface area contributed by atoms with Crippen LogP contribution in [0.1, 0.15) is 5.56 Å². The third-order valence-corrected chi connectivity index (χ3v) is 3.36. The van der Waals surface area contributed by atoms with Gasteiger partial charge >= 0.3 is 0 Å². The molecule has 1 aromatic heterocycles. The standard InChI is InChI=1S/C18H17N3O/c19-17-11-10-16(18(20)21-17)14-6-8-15(9-7-14)22-12-13-4-2-1-3-5-13/h1-11H,12H2,(H4,19,20,21). The van der Waals surface area contributed by atoms with Crippen molar-refractivity contribution in [3.05, 3.63) is 72.3 Å². The zero-order chi connectivity index (χ0) is 15.4. The first-order valence-electron chi connectivity index (χ1n) is 7.01. The summed E-state index contributed by atoms with van der Waals surface area (Å²) in [5.41, 5.74) is 14.5. The van der Waals surface area contributed by atoms with Crippen LogP contribution in [-0.4, -0.2) is 4.98 Å². The SMILES string of the molecule is Nc1ccc(-c2ccc(OCc3ccccc3)cc2)c(N)n1. The van der Waals surface area contributed by atoms with Gasteiger partial charge in [0.15, 0.2) is 0 Å². The molecule has 2 aromatic carbocycles. The molecule has 0 spiro atoms. The van der Waals surface area contributed by atoms with E-state index in [2.05, 4.69) is 4.98 Å². The quantitative estimate of drug-likeness (QED) is 0.771. The van der Waals surface area contributed by atoms with Crippen molar-refractivity contribution >= 4 is 11.6 Å². The highest BCUT2D eigenvalue weighted by Gasteiger charge is 2.05. The number of aromatic nitrogens is 1. The molecule has 0 aliphatic heterocycles. The maximum atomic E-state index is 5.90. The smallest absolute Gasteiger partial charge is 0.133 e. The van der Waals surface area contributed by atoms with Crippen molar-refractivity contribution in [1.82, 2.24) is 4.98 Å². The largest absolute Gasteiger partial charge is 0.489 e. The summed E-state index contributed by atoms with van der Waals surface area (Å²) in [6.07, 6.45) is 0. The van der Waals surface area contributed by atoms with Crippen LogP contribution in [0.15, 0.2) is 66.7 Å². The summed E-state index contributed by atoms with van der Waals surface area (Å²) in [5, 5.41) is 0. The summed E-state index contributed by atoms with van der Waals surface area (Å²) in [4.78, 5) is 4.07. The van der Waals surface area contributed by atoms with Gasteiger partial charge in [-0.1, -0.05) is 42.5 Å². The van der Waals surface area contributed by atoms with Crippen molar-refractivity contribution in [3.8, 4) is 16.9 Å². The van der Waals surface area contributed by atoms with E-state index in [9.17, 15) is 0 Å². The van der Waals surface area contributed by atoms with Crippen molar-refractivity contribution in [3.63, 3.8) is 0 Å². The lowest BCUT2D eigenvalue weighted by atomic mass is 10.1. The molecule has 0 fully saturated rings. The first kappa shape index (κ1) is 13.9. The predicted octanol–water partition coefficient (Wildman–Crippen LogP) is 3.49. The number of nitrogens with two attached hydrogens (primary N) is 2. The van der Waals surface area contributed by atoms with Gasteiger partial charge in [0.25, 0.3) is 0 Å². The summed E-state index contributed by atoms with van der Waals surface area (Å²) < 4.78 is 5.77. The van der Waals surface area contributed by atoms with E-state index in [0.29, 0.717) is 18.2 Å². The van der Waals surface area contributed by atoms with Gasteiger partial charge in [-0.2, -0.15) is 0 Å². The Morgan fingerprint density at radius 3 is 2.23 bits per heavy atom. The van der Waals surface area contributed by atoms with Gasteiger partial charge in [0.2, 0.25) is 0 Å². The Hall–Kier alpha value is -3.01. The number of rotatable bonds is 4. The number of ether oxygens (including phenoxy) is 1. The molecule has 0 saturated carbocycles. The Labute approximate surface area is 129 Å². The molecule has 0 radical (unpaired) electrons. The van der Waals surface area contributed by atoms with Gasteiger partial charge < -0.3 is 16.2 Å². The predicted molar refractivity (Wildman–Crippen MR) is 89.3 cm³/mol. The van der Waals surface area contributed by atoms with Gasteiger partial charge in [-0.3, -0.25) is 0 Å². The topological polar surface area (TPSA) is 74.2 Å². The molecule has 4 nitrogen and oxygen atoms in total. The number of hydrogen-bond acceptors (Lipinski definition) is 4. The zero-order valence-corrected chi connectivity index (χ0v) is 12.1. The number of hydrogen-bond donors (Lipinski definition) is 2. The molecule has 22 heavy (non-hydrogen) atoms. The molecule has 3 rings (SSSR count). The third kappa shape index (κ3) is 3.17. The van der Waals surface area contributed by atoms with E-state index < -0.39 is 0 Å². The summed E-state index contributed by atoms with van der Waals surface area (Å²) in [6, 6.07) is 21.4. The molecule has 0 saturated heterocycles. The molecule has 3 aromatic rings. The van der Waals surface area contributed by atoms with E-state index in [1.807, 2.05) is 60.7 Å². The van der Waals surface area contributed by atoms with E-state index in [1.165, 1.54) is 0 Å². The average Bonchev–Trinajstić information content (AvgIpc) is 2.55. The van der Waals surface area contributed by atoms with Crippen LogP contribution in [0.2, 0.25) is 0 Å². The normalized spacial score (nSPS) is 10.4. The fraction of sp³-hybridized carbons (Fsp3) is 0.0556. The maximum absolute atomic E-state index is 5.90. The van der Waals surface area contributed by atoms with Crippen LogP contribution in [0, 0.1) is 0 Å². The Morgan fingerprint density at radius 1 is 0.818 bits per heavy atom. The highest BCUT2D eigenvalue weighted by molar-refractivity contribution is 5.75. The molecule has 0 amide bonds. The van der Waals surface area contributed by atoms with Crippen LogP contribution in [0.25, 0.3) is 11.1 Å². The van der Waals surface area contributed by atoms with E-state index in [-0.39, 0.29) is 0 Å². The molecule has 110 valence electrons. The van der Waals surface area contributed by atoms with E-state index in [4.69, 9.17) is 16.2 Å². The minimum Gasteiger partial charge on any atom is -0.489 e. The Morgan fingerprint density at radius 2 is 1.55 bits per heavy atom. The van der Waals surface area contributed by atoms with Crippen molar-refractivity contribution in [2.45, 2.75) is 6.61 Å². The van der Waals surface area contributed by atoms with Crippen LogP contribution < -0.4 is 16.2 Å². The minimum atomic E-state index is 0.420. The van der Waals surface area contributed by atoms with Crippen LogP contribution in [0.5, 0.6) is 5.75 Å². The number of pyridine rings is 1. The number of nitrogen functional groups attached to an aromatic ring is 2. The molecule has 0 bridgehead atoms. The molecule has 4 N–H and O–H groups in total. The third-order valence-electron chi connectivity index (χ3n) is 3.36. The van der Waals surface area contributed by atoms with Crippen LogP contribution in [0.3, 0.4) is 0 Å². The molecule has 0 atom stereocenters. The minimum absolute atomic E-state index is 0.420. The first-order valence-corrected chi connectivity index (χ1v) is 7.01. The Bertz CT molecular complexity index is 755. The fourth-order valence-electron chi connectivity index (χ4n) is 2.21. The van der Waals surface area contributed by atoms with Gasteiger partial charge in [0.05, 0.1) is 0 Å². The second-order valence-corrected chi connectivity index (χ2v) is 4.97. The maximum Gasteiger partial charge on any atom is 0.133 e. The van der Waals surface area contributed by atoms with Gasteiger partial charge in [-0.15, -0.1) is 0 Å². The molecule has 0 aliphatic carbocycles. The van der Waals surface area contributed by atoms with Gasteiger partial charge in [-0.25, -0.2) is 4.98 Å². The lowest BCUT2D eigenvalue weighted by Gasteiger charge is -2.09. The van der Waals surface area contributed by atoms with Gasteiger partial charge in [0, 0.05) is 5.56 Å². The van der Waals surface area contributed by atoms with E-state index >= 15 is 0 Å². The first-order chi connectivity index (χ1) is 10.7. The molecule has 4 heteroatoms. The lowest BCUT2D eigenvalue weighted by molar-refractivity contribution is 0.306. The molecule has 0 unspecified atom stereocenters.